The Hall–Kier alpha value is -0.480. The molecule has 0 aliphatic carbocycles. The van der Waals surface area contributed by atoms with Crippen molar-refractivity contribution in [2.24, 2.45) is 0 Å². The van der Waals surface area contributed by atoms with Crippen LogP contribution in [0.1, 0.15) is 25.7 Å². The monoisotopic (exact) mass is 374 g/mol. The maximum absolute atomic E-state index is 10.7. The fraction of sp³-hybridized carbons (Fsp3) is 0.824. The predicted octanol–water partition coefficient (Wildman–Crippen LogP) is 0.228. The van der Waals surface area contributed by atoms with Crippen LogP contribution in [0, 0.1) is 0 Å². The van der Waals surface area contributed by atoms with Crippen molar-refractivity contribution in [3.05, 3.63) is 12.7 Å². The van der Waals surface area contributed by atoms with Crippen LogP contribution in [-0.2, 0) is 23.7 Å². The molecule has 1 unspecified atom stereocenters. The minimum Gasteiger partial charge on any atom is -0.388 e. The van der Waals surface area contributed by atoms with Crippen LogP contribution >= 0.6 is 12.6 Å². The van der Waals surface area contributed by atoms with Gasteiger partial charge in [0, 0.05) is 12.8 Å². The van der Waals surface area contributed by atoms with Gasteiger partial charge in [0.1, 0.15) is 36.8 Å². The molecule has 25 heavy (non-hydrogen) atoms. The number of aliphatic hydroxyl groups excluding tert-OH is 2. The molecule has 0 radical (unpaired) electrons. The van der Waals surface area contributed by atoms with E-state index in [0.29, 0.717) is 25.7 Å². The molecule has 3 fully saturated rings. The van der Waals surface area contributed by atoms with E-state index in [2.05, 4.69) is 19.2 Å². The molecular weight excluding hydrogens is 348 g/mol. The maximum Gasteiger partial charge on any atom is 0.122 e. The van der Waals surface area contributed by atoms with Crippen molar-refractivity contribution in [1.29, 1.82) is 0 Å². The largest absolute Gasteiger partial charge is 0.388 e. The Balaban J connectivity index is 1.66. The van der Waals surface area contributed by atoms with Crippen LogP contribution in [0.2, 0.25) is 0 Å². The van der Waals surface area contributed by atoms with Gasteiger partial charge in [0.25, 0.3) is 0 Å². The summed E-state index contributed by atoms with van der Waals surface area (Å²) in [6.07, 6.45) is -0.390. The molecule has 3 aliphatic heterocycles. The average molecular weight is 374 g/mol. The Labute approximate surface area is 152 Å². The van der Waals surface area contributed by atoms with E-state index in [4.69, 9.17) is 18.9 Å². The summed E-state index contributed by atoms with van der Waals surface area (Å²) in [7, 11) is 0. The topological polar surface area (TPSA) is 94.5 Å². The quantitative estimate of drug-likeness (QED) is 0.254. The minimum absolute atomic E-state index is 0.204. The number of ether oxygens (including phenoxy) is 4. The summed E-state index contributed by atoms with van der Waals surface area (Å²) >= 11 is 4.03. The lowest BCUT2D eigenvalue weighted by atomic mass is 9.88. The van der Waals surface area contributed by atoms with Crippen LogP contribution in [-0.4, -0.2) is 77.4 Å². The lowest BCUT2D eigenvalue weighted by Crippen LogP contribution is -2.61. The lowest BCUT2D eigenvalue weighted by molar-refractivity contribution is -0.258. The third-order valence-corrected chi connectivity index (χ3v) is 5.39. The zero-order valence-corrected chi connectivity index (χ0v) is 14.9. The van der Waals surface area contributed by atoms with E-state index in [-0.39, 0.29) is 24.3 Å². The van der Waals surface area contributed by atoms with Gasteiger partial charge in [0.2, 0.25) is 0 Å². The maximum atomic E-state index is 10.7. The molecule has 9 atom stereocenters. The second-order valence-corrected chi connectivity index (χ2v) is 7.03. The van der Waals surface area contributed by atoms with Gasteiger partial charge in [-0.2, -0.15) is 12.6 Å². The summed E-state index contributed by atoms with van der Waals surface area (Å²) < 4.78 is 23.1. The molecule has 0 aromatic heterocycles. The number of carbonyl (C=O) groups is 1. The van der Waals surface area contributed by atoms with E-state index in [1.165, 1.54) is 0 Å². The summed E-state index contributed by atoms with van der Waals surface area (Å²) in [5.74, 6) is 0.238. The summed E-state index contributed by atoms with van der Waals surface area (Å²) in [4.78, 5) is 10.7. The fourth-order valence-electron chi connectivity index (χ4n) is 3.96. The summed E-state index contributed by atoms with van der Waals surface area (Å²) in [5.41, 5.74) is 0. The summed E-state index contributed by atoms with van der Waals surface area (Å²) in [6, 6.07) is 0. The zero-order chi connectivity index (χ0) is 18.0. The first-order valence-corrected chi connectivity index (χ1v) is 9.33. The van der Waals surface area contributed by atoms with Crippen molar-refractivity contribution in [1.82, 2.24) is 0 Å². The molecule has 3 rings (SSSR count). The van der Waals surface area contributed by atoms with E-state index >= 15 is 0 Å². The molecule has 0 bridgehead atoms. The molecule has 0 amide bonds. The van der Waals surface area contributed by atoms with Gasteiger partial charge in [-0.1, -0.05) is 6.08 Å². The van der Waals surface area contributed by atoms with E-state index in [9.17, 15) is 15.0 Å². The van der Waals surface area contributed by atoms with Crippen molar-refractivity contribution in [3.63, 3.8) is 0 Å². The van der Waals surface area contributed by atoms with Crippen LogP contribution in [0.15, 0.2) is 12.7 Å². The number of aliphatic hydroxyl groups is 2. The highest BCUT2D eigenvalue weighted by molar-refractivity contribution is 7.80. The van der Waals surface area contributed by atoms with Crippen LogP contribution in [0.5, 0.6) is 0 Å². The van der Waals surface area contributed by atoms with Crippen LogP contribution in [0.4, 0.5) is 0 Å². The van der Waals surface area contributed by atoms with Gasteiger partial charge in [-0.15, -0.1) is 6.58 Å². The Morgan fingerprint density at radius 2 is 1.92 bits per heavy atom. The highest BCUT2D eigenvalue weighted by Crippen LogP contribution is 2.40. The number of carbonyl (C=O) groups excluding carboxylic acids is 1. The SMILES string of the molecule is C=CC(C[C@H]1O[C@H]2[C@@H](O)[C@H]3O[C@@H](CC=O)CC[C@@H]3O[C@H]2[C@H]1O)OCS. The molecule has 2 N–H and O–H groups in total. The van der Waals surface area contributed by atoms with E-state index in [0.717, 1.165) is 6.29 Å². The standard InChI is InChI=1S/C17H26O7S/c1-2-9(21-8-25)7-12-13(19)16-17(24-12)14(20)15-11(23-16)4-3-10(22-15)5-6-18/h2,6,9-17,19-20,25H,1,3-5,7-8H2/t9?,10-,11+,12-,13+,14+,15+,16+,17+/m1/s1. The molecule has 7 nitrogen and oxygen atoms in total. The zero-order valence-electron chi connectivity index (χ0n) is 14.0. The first-order valence-electron chi connectivity index (χ1n) is 8.70. The van der Waals surface area contributed by atoms with Gasteiger partial charge in [0.05, 0.1) is 30.4 Å². The molecule has 0 saturated carbocycles. The number of rotatable bonds is 7. The number of aldehydes is 1. The van der Waals surface area contributed by atoms with Crippen LogP contribution in [0.3, 0.4) is 0 Å². The normalized spacial score (nSPS) is 44.6. The van der Waals surface area contributed by atoms with Gasteiger partial charge in [-0.25, -0.2) is 0 Å². The Kier molecular flexibility index (Phi) is 6.54. The molecule has 0 spiro atoms. The molecule has 0 aromatic rings. The van der Waals surface area contributed by atoms with Crippen molar-refractivity contribution >= 4 is 18.9 Å². The molecule has 8 heteroatoms. The third-order valence-electron chi connectivity index (χ3n) is 5.24. The second kappa shape index (κ2) is 8.47. The highest BCUT2D eigenvalue weighted by atomic mass is 32.1. The highest BCUT2D eigenvalue weighted by Gasteiger charge is 2.56. The number of hydrogen-bond donors (Lipinski definition) is 3. The summed E-state index contributed by atoms with van der Waals surface area (Å²) in [6.45, 7) is 3.71. The number of hydrogen-bond acceptors (Lipinski definition) is 8. The van der Waals surface area contributed by atoms with Gasteiger partial charge < -0.3 is 34.0 Å². The fourth-order valence-corrected chi connectivity index (χ4v) is 4.15. The number of fused-ring (bicyclic) bond motifs is 2. The van der Waals surface area contributed by atoms with Gasteiger partial charge >= 0.3 is 0 Å². The Morgan fingerprint density at radius 1 is 1.16 bits per heavy atom. The Bertz CT molecular complexity index is 476. The first-order chi connectivity index (χ1) is 12.1. The van der Waals surface area contributed by atoms with Crippen molar-refractivity contribution in [2.45, 2.75) is 80.6 Å². The molecular formula is C17H26O7S. The first kappa shape index (κ1) is 19.3. The van der Waals surface area contributed by atoms with Crippen LogP contribution in [0.25, 0.3) is 0 Å². The third kappa shape index (κ3) is 3.95. The van der Waals surface area contributed by atoms with E-state index < -0.39 is 36.6 Å². The molecule has 142 valence electrons. The smallest absolute Gasteiger partial charge is 0.122 e. The minimum atomic E-state index is -0.911. The molecule has 3 heterocycles. The molecule has 0 aromatic carbocycles. The van der Waals surface area contributed by atoms with Crippen LogP contribution < -0.4 is 0 Å². The molecule has 3 aliphatic rings. The summed E-state index contributed by atoms with van der Waals surface area (Å²) in [5, 5.41) is 21.3. The van der Waals surface area contributed by atoms with Gasteiger partial charge in [0.15, 0.2) is 0 Å². The van der Waals surface area contributed by atoms with Gasteiger partial charge in [-0.05, 0) is 12.8 Å². The van der Waals surface area contributed by atoms with E-state index in [1.807, 2.05) is 0 Å². The predicted molar refractivity (Wildman–Crippen MR) is 91.5 cm³/mol. The lowest BCUT2D eigenvalue weighted by Gasteiger charge is -2.46. The van der Waals surface area contributed by atoms with Gasteiger partial charge in [-0.3, -0.25) is 0 Å². The average Bonchev–Trinajstić information content (AvgIpc) is 2.92. The molecule has 3 saturated heterocycles. The van der Waals surface area contributed by atoms with E-state index in [1.54, 1.807) is 6.08 Å². The Morgan fingerprint density at radius 3 is 2.60 bits per heavy atom. The van der Waals surface area contributed by atoms with Crippen molar-refractivity contribution in [3.8, 4) is 0 Å². The van der Waals surface area contributed by atoms with Crippen molar-refractivity contribution < 1.29 is 34.0 Å². The van der Waals surface area contributed by atoms with Crippen molar-refractivity contribution in [2.75, 3.05) is 5.94 Å². The second-order valence-electron chi connectivity index (χ2n) is 6.77. The number of thiol groups is 1.